The zero-order valence-electron chi connectivity index (χ0n) is 11.5. The van der Waals surface area contributed by atoms with Gasteiger partial charge in [0.05, 0.1) is 18.0 Å². The quantitative estimate of drug-likeness (QED) is 0.778. The van der Waals surface area contributed by atoms with Gasteiger partial charge < -0.3 is 14.1 Å². The SMILES string of the molecule is N#CC1(CN(Cc2ccc(Cl)o2)C(=O)CCl)CCOCC1. The number of rotatable bonds is 5. The molecule has 7 heteroatoms. The highest BCUT2D eigenvalue weighted by Crippen LogP contribution is 2.31. The van der Waals surface area contributed by atoms with Gasteiger partial charge in [-0.1, -0.05) is 0 Å². The molecule has 0 aliphatic carbocycles. The number of nitrogens with zero attached hydrogens (tertiary/aromatic N) is 2. The van der Waals surface area contributed by atoms with Gasteiger partial charge in [-0.3, -0.25) is 4.79 Å². The second-order valence-corrected chi connectivity index (χ2v) is 5.73. The van der Waals surface area contributed by atoms with E-state index in [1.807, 2.05) is 0 Å². The highest BCUT2D eigenvalue weighted by molar-refractivity contribution is 6.28. The largest absolute Gasteiger partial charge is 0.448 e. The van der Waals surface area contributed by atoms with E-state index >= 15 is 0 Å². The number of amides is 1. The summed E-state index contributed by atoms with van der Waals surface area (Å²) in [6.45, 7) is 1.63. The summed E-state index contributed by atoms with van der Waals surface area (Å²) in [5.41, 5.74) is -0.587. The number of halogens is 2. The van der Waals surface area contributed by atoms with Gasteiger partial charge in [0, 0.05) is 19.8 Å². The third kappa shape index (κ3) is 4.13. The van der Waals surface area contributed by atoms with Crippen LogP contribution in [0.4, 0.5) is 0 Å². The summed E-state index contributed by atoms with van der Waals surface area (Å²) in [6, 6.07) is 5.67. The van der Waals surface area contributed by atoms with Gasteiger partial charge in [0.1, 0.15) is 11.6 Å². The Morgan fingerprint density at radius 1 is 1.43 bits per heavy atom. The Morgan fingerprint density at radius 3 is 2.67 bits per heavy atom. The molecule has 0 spiro atoms. The van der Waals surface area contributed by atoms with Crippen LogP contribution in [0, 0.1) is 16.7 Å². The minimum Gasteiger partial charge on any atom is -0.448 e. The Labute approximate surface area is 133 Å². The van der Waals surface area contributed by atoms with Crippen LogP contribution in [0.3, 0.4) is 0 Å². The van der Waals surface area contributed by atoms with Crippen molar-refractivity contribution in [2.45, 2.75) is 19.4 Å². The fraction of sp³-hybridized carbons (Fsp3) is 0.571. The smallest absolute Gasteiger partial charge is 0.237 e. The lowest BCUT2D eigenvalue weighted by atomic mass is 9.81. The number of furan rings is 1. The van der Waals surface area contributed by atoms with Crippen molar-refractivity contribution in [1.29, 1.82) is 5.26 Å². The Balaban J connectivity index is 2.12. The molecule has 2 rings (SSSR count). The molecule has 1 aromatic heterocycles. The standard InChI is InChI=1S/C14H16Cl2N2O3/c15-7-13(19)18(8-11-1-2-12(16)21-11)10-14(9-17)3-5-20-6-4-14/h1-2H,3-8,10H2. The first-order valence-electron chi connectivity index (χ1n) is 6.65. The first kappa shape index (κ1) is 16.2. The molecule has 0 bridgehead atoms. The first-order chi connectivity index (χ1) is 10.1. The molecule has 5 nitrogen and oxygen atoms in total. The van der Waals surface area contributed by atoms with Crippen molar-refractivity contribution in [3.8, 4) is 6.07 Å². The monoisotopic (exact) mass is 330 g/mol. The van der Waals surface area contributed by atoms with E-state index < -0.39 is 5.41 Å². The molecule has 1 aliphatic rings. The van der Waals surface area contributed by atoms with Gasteiger partial charge >= 0.3 is 0 Å². The van der Waals surface area contributed by atoms with Gasteiger partial charge in [-0.15, -0.1) is 11.6 Å². The average Bonchev–Trinajstić information content (AvgIpc) is 2.92. The zero-order valence-corrected chi connectivity index (χ0v) is 13.0. The van der Waals surface area contributed by atoms with E-state index in [0.29, 0.717) is 38.4 Å². The molecule has 1 amide bonds. The lowest BCUT2D eigenvalue weighted by Crippen LogP contribution is -2.43. The summed E-state index contributed by atoms with van der Waals surface area (Å²) < 4.78 is 10.6. The molecule has 1 saturated heterocycles. The van der Waals surface area contributed by atoms with Crippen molar-refractivity contribution in [2.24, 2.45) is 5.41 Å². The Morgan fingerprint density at radius 2 is 2.14 bits per heavy atom. The maximum absolute atomic E-state index is 12.0. The molecule has 2 heterocycles. The molecule has 114 valence electrons. The summed E-state index contributed by atoms with van der Waals surface area (Å²) in [7, 11) is 0. The van der Waals surface area contributed by atoms with Crippen molar-refractivity contribution < 1.29 is 13.9 Å². The molecular formula is C14H16Cl2N2O3. The molecular weight excluding hydrogens is 315 g/mol. The van der Waals surface area contributed by atoms with Crippen LogP contribution in [-0.2, 0) is 16.1 Å². The highest BCUT2D eigenvalue weighted by atomic mass is 35.5. The molecule has 0 N–H and O–H groups in total. The molecule has 0 aromatic carbocycles. The number of hydrogen-bond acceptors (Lipinski definition) is 4. The lowest BCUT2D eigenvalue weighted by molar-refractivity contribution is -0.131. The van der Waals surface area contributed by atoms with Gasteiger partial charge in [-0.2, -0.15) is 5.26 Å². The zero-order chi connectivity index (χ0) is 15.3. The summed E-state index contributed by atoms with van der Waals surface area (Å²) in [4.78, 5) is 13.6. The van der Waals surface area contributed by atoms with E-state index in [4.69, 9.17) is 32.4 Å². The van der Waals surface area contributed by atoms with Crippen LogP contribution in [0.5, 0.6) is 0 Å². The molecule has 1 fully saturated rings. The summed E-state index contributed by atoms with van der Waals surface area (Å²) in [5.74, 6) is 0.204. The minimum absolute atomic E-state index is 0.132. The third-order valence-corrected chi connectivity index (χ3v) is 4.05. The molecule has 0 atom stereocenters. The minimum atomic E-state index is -0.587. The Bertz CT molecular complexity index is 533. The van der Waals surface area contributed by atoms with Crippen LogP contribution in [0.25, 0.3) is 0 Å². The maximum Gasteiger partial charge on any atom is 0.237 e. The van der Waals surface area contributed by atoms with Crippen LogP contribution in [0.15, 0.2) is 16.5 Å². The second kappa shape index (κ2) is 7.17. The predicted octanol–water partition coefficient (Wildman–Crippen LogP) is 2.82. The molecule has 21 heavy (non-hydrogen) atoms. The van der Waals surface area contributed by atoms with Gasteiger partial charge in [0.2, 0.25) is 5.91 Å². The van der Waals surface area contributed by atoms with Crippen LogP contribution >= 0.6 is 23.2 Å². The molecule has 0 radical (unpaired) electrons. The fourth-order valence-electron chi connectivity index (χ4n) is 2.37. The van der Waals surface area contributed by atoms with Crippen molar-refractivity contribution in [3.63, 3.8) is 0 Å². The lowest BCUT2D eigenvalue weighted by Gasteiger charge is -2.35. The fourth-order valence-corrected chi connectivity index (χ4v) is 2.71. The highest BCUT2D eigenvalue weighted by Gasteiger charge is 2.36. The molecule has 1 aromatic rings. The van der Waals surface area contributed by atoms with Crippen molar-refractivity contribution in [3.05, 3.63) is 23.1 Å². The molecule has 0 unspecified atom stereocenters. The van der Waals surface area contributed by atoms with E-state index in [-0.39, 0.29) is 23.6 Å². The average molecular weight is 331 g/mol. The number of carbonyl (C=O) groups excluding carboxylic acids is 1. The number of hydrogen-bond donors (Lipinski definition) is 0. The molecule has 0 saturated carbocycles. The second-order valence-electron chi connectivity index (χ2n) is 5.09. The summed E-state index contributed by atoms with van der Waals surface area (Å²) >= 11 is 11.4. The normalized spacial score (nSPS) is 17.2. The van der Waals surface area contributed by atoms with E-state index in [0.717, 1.165) is 0 Å². The van der Waals surface area contributed by atoms with E-state index in [1.54, 1.807) is 17.0 Å². The predicted molar refractivity (Wildman–Crippen MR) is 78.0 cm³/mol. The summed E-state index contributed by atoms with van der Waals surface area (Å²) in [6.07, 6.45) is 1.21. The van der Waals surface area contributed by atoms with Crippen molar-refractivity contribution in [1.82, 2.24) is 4.90 Å². The number of ether oxygens (including phenoxy) is 1. The van der Waals surface area contributed by atoms with Gasteiger partial charge in [-0.25, -0.2) is 0 Å². The topological polar surface area (TPSA) is 66.5 Å². The van der Waals surface area contributed by atoms with Gasteiger partial charge in [0.25, 0.3) is 0 Å². The van der Waals surface area contributed by atoms with Crippen LogP contribution in [0.2, 0.25) is 5.22 Å². The third-order valence-electron chi connectivity index (χ3n) is 3.62. The van der Waals surface area contributed by atoms with E-state index in [1.165, 1.54) is 0 Å². The van der Waals surface area contributed by atoms with Crippen LogP contribution in [0.1, 0.15) is 18.6 Å². The van der Waals surface area contributed by atoms with E-state index in [9.17, 15) is 10.1 Å². The number of alkyl halides is 1. The van der Waals surface area contributed by atoms with E-state index in [2.05, 4.69) is 6.07 Å². The maximum atomic E-state index is 12.0. The first-order valence-corrected chi connectivity index (χ1v) is 7.57. The Kier molecular flexibility index (Phi) is 5.51. The van der Waals surface area contributed by atoms with Crippen molar-refractivity contribution >= 4 is 29.1 Å². The summed E-state index contributed by atoms with van der Waals surface area (Å²) in [5, 5.41) is 9.76. The van der Waals surface area contributed by atoms with Gasteiger partial charge in [-0.05, 0) is 36.6 Å². The van der Waals surface area contributed by atoms with Crippen LogP contribution < -0.4 is 0 Å². The van der Waals surface area contributed by atoms with Gasteiger partial charge in [0.15, 0.2) is 5.22 Å². The number of nitriles is 1. The molecule has 1 aliphatic heterocycles. The number of carbonyl (C=O) groups is 1. The Hall–Kier alpha value is -1.22. The van der Waals surface area contributed by atoms with Crippen molar-refractivity contribution in [2.75, 3.05) is 25.6 Å². The van der Waals surface area contributed by atoms with Crippen LogP contribution in [-0.4, -0.2) is 36.4 Å².